The van der Waals surface area contributed by atoms with Crippen molar-refractivity contribution in [2.45, 2.75) is 38.0 Å². The first-order valence-corrected chi connectivity index (χ1v) is 9.42. The summed E-state index contributed by atoms with van der Waals surface area (Å²) in [4.78, 5) is 10.6. The number of halogens is 6. The van der Waals surface area contributed by atoms with Crippen LogP contribution in [0.3, 0.4) is 0 Å². The number of carbonyl (C=O) groups is 1. The molecule has 166 valence electrons. The summed E-state index contributed by atoms with van der Waals surface area (Å²) in [5, 5.41) is 8.67. The lowest BCUT2D eigenvalue weighted by atomic mass is 9.85. The number of carboxylic acids is 1. The highest BCUT2D eigenvalue weighted by molar-refractivity contribution is 5.70. The Morgan fingerprint density at radius 2 is 1.68 bits per heavy atom. The minimum absolute atomic E-state index is 0.0241. The minimum atomic E-state index is -3.07. The number of aryl methyl sites for hydroxylation is 1. The van der Waals surface area contributed by atoms with Gasteiger partial charge in [0.25, 0.3) is 5.92 Å². The first-order chi connectivity index (χ1) is 14.6. The molecule has 0 amide bonds. The van der Waals surface area contributed by atoms with Crippen LogP contribution in [0.2, 0.25) is 0 Å². The van der Waals surface area contributed by atoms with Gasteiger partial charge in [0.2, 0.25) is 0 Å². The summed E-state index contributed by atoms with van der Waals surface area (Å²) in [5.74, 6) is -9.41. The molecule has 1 N–H and O–H groups in total. The smallest absolute Gasteiger partial charge is 0.303 e. The van der Waals surface area contributed by atoms with Gasteiger partial charge in [-0.05, 0) is 59.4 Å². The Balaban J connectivity index is 1.86. The predicted octanol–water partition coefficient (Wildman–Crippen LogP) is 5.91. The molecule has 0 bridgehead atoms. The van der Waals surface area contributed by atoms with E-state index in [-0.39, 0.29) is 36.0 Å². The van der Waals surface area contributed by atoms with E-state index in [2.05, 4.69) is 0 Å². The van der Waals surface area contributed by atoms with Crippen LogP contribution in [0.4, 0.5) is 26.3 Å². The number of benzene rings is 2. The van der Waals surface area contributed by atoms with Gasteiger partial charge in [-0.15, -0.1) is 0 Å². The number of rotatable bonds is 7. The monoisotopic (exact) mass is 444 g/mol. The van der Waals surface area contributed by atoms with Crippen molar-refractivity contribution in [3.8, 4) is 5.75 Å². The molecule has 0 radical (unpaired) electrons. The van der Waals surface area contributed by atoms with E-state index < -0.39 is 60.4 Å². The highest BCUT2D eigenvalue weighted by atomic mass is 19.3. The molecule has 0 atom stereocenters. The Morgan fingerprint density at radius 3 is 2.29 bits per heavy atom. The van der Waals surface area contributed by atoms with Crippen molar-refractivity contribution in [1.29, 1.82) is 0 Å². The van der Waals surface area contributed by atoms with Gasteiger partial charge in [0.1, 0.15) is 6.61 Å². The second-order valence-corrected chi connectivity index (χ2v) is 7.31. The van der Waals surface area contributed by atoms with Crippen molar-refractivity contribution >= 4 is 11.5 Å². The van der Waals surface area contributed by atoms with E-state index in [0.717, 1.165) is 24.3 Å². The number of alkyl halides is 2. The van der Waals surface area contributed by atoms with Crippen LogP contribution in [-0.2, 0) is 11.2 Å². The third-order valence-corrected chi connectivity index (χ3v) is 4.98. The van der Waals surface area contributed by atoms with Gasteiger partial charge in [0.05, 0.1) is 0 Å². The van der Waals surface area contributed by atoms with Crippen LogP contribution in [0, 0.1) is 23.3 Å². The molecule has 3 nitrogen and oxygen atoms in total. The highest BCUT2D eigenvalue weighted by Crippen LogP contribution is 2.41. The average Bonchev–Trinajstić information content (AvgIpc) is 2.67. The van der Waals surface area contributed by atoms with Gasteiger partial charge in [-0.25, -0.2) is 26.3 Å². The van der Waals surface area contributed by atoms with Crippen molar-refractivity contribution in [1.82, 2.24) is 0 Å². The zero-order valence-corrected chi connectivity index (χ0v) is 16.2. The zero-order valence-electron chi connectivity index (χ0n) is 16.2. The summed E-state index contributed by atoms with van der Waals surface area (Å²) in [7, 11) is 0. The fourth-order valence-corrected chi connectivity index (χ4v) is 3.47. The van der Waals surface area contributed by atoms with Crippen molar-refractivity contribution in [2.75, 3.05) is 6.61 Å². The van der Waals surface area contributed by atoms with Gasteiger partial charge < -0.3 is 9.84 Å². The first-order valence-electron chi connectivity index (χ1n) is 9.42. The molecule has 3 rings (SSSR count). The van der Waals surface area contributed by atoms with Crippen molar-refractivity contribution in [2.24, 2.45) is 0 Å². The summed E-state index contributed by atoms with van der Waals surface area (Å²) in [6.07, 6.45) is -1.82. The third-order valence-electron chi connectivity index (χ3n) is 4.98. The Kier molecular flexibility index (Phi) is 6.62. The molecule has 1 aliphatic carbocycles. The summed E-state index contributed by atoms with van der Waals surface area (Å²) in [6.45, 7) is -0.577. The number of ether oxygens (including phenoxy) is 1. The summed E-state index contributed by atoms with van der Waals surface area (Å²) >= 11 is 0. The lowest BCUT2D eigenvalue weighted by Crippen LogP contribution is -2.24. The molecule has 0 aromatic heterocycles. The van der Waals surface area contributed by atoms with E-state index in [0.29, 0.717) is 5.57 Å². The number of allylic oxidation sites excluding steroid dienone is 1. The normalized spacial score (nSPS) is 15.8. The van der Waals surface area contributed by atoms with E-state index in [9.17, 15) is 31.1 Å². The Bertz CT molecular complexity index is 1010. The maximum absolute atomic E-state index is 14.3. The molecule has 0 fully saturated rings. The van der Waals surface area contributed by atoms with Crippen LogP contribution in [0.25, 0.3) is 5.57 Å². The van der Waals surface area contributed by atoms with Crippen LogP contribution < -0.4 is 4.74 Å². The molecule has 0 saturated carbocycles. The van der Waals surface area contributed by atoms with Gasteiger partial charge >= 0.3 is 5.97 Å². The standard InChI is InChI=1S/C22H18F6O3/c23-16-3-2-13(9-17(16)24)15-5-6-22(27,28)10-14(15)11-31-21-18(25)7-12(8-19(21)26)1-4-20(29)30/h2-3,7-9H,1,4-6,10-11H2,(H,29,30). The largest absolute Gasteiger partial charge is 0.483 e. The summed E-state index contributed by atoms with van der Waals surface area (Å²) < 4.78 is 88.5. The Hall–Kier alpha value is -2.97. The highest BCUT2D eigenvalue weighted by Gasteiger charge is 2.36. The zero-order chi connectivity index (χ0) is 22.8. The molecule has 0 unspecified atom stereocenters. The lowest BCUT2D eigenvalue weighted by Gasteiger charge is -2.27. The maximum atomic E-state index is 14.3. The van der Waals surface area contributed by atoms with Crippen LogP contribution in [0.15, 0.2) is 35.9 Å². The van der Waals surface area contributed by atoms with Gasteiger partial charge in [0, 0.05) is 19.3 Å². The molecule has 0 aliphatic heterocycles. The van der Waals surface area contributed by atoms with E-state index in [1.807, 2.05) is 0 Å². The van der Waals surface area contributed by atoms with Crippen molar-refractivity contribution in [3.63, 3.8) is 0 Å². The second-order valence-electron chi connectivity index (χ2n) is 7.31. The Labute approximate surface area is 174 Å². The quantitative estimate of drug-likeness (QED) is 0.540. The van der Waals surface area contributed by atoms with Gasteiger partial charge in [0.15, 0.2) is 29.0 Å². The topological polar surface area (TPSA) is 46.5 Å². The minimum Gasteiger partial charge on any atom is -0.483 e. The van der Waals surface area contributed by atoms with E-state index in [4.69, 9.17) is 9.84 Å². The Morgan fingerprint density at radius 1 is 1.00 bits per heavy atom. The summed E-state index contributed by atoms with van der Waals surface area (Å²) in [6, 6.07) is 4.84. The maximum Gasteiger partial charge on any atom is 0.303 e. The van der Waals surface area contributed by atoms with Gasteiger partial charge in [-0.2, -0.15) is 0 Å². The molecule has 0 saturated heterocycles. The molecule has 2 aromatic rings. The van der Waals surface area contributed by atoms with Crippen LogP contribution in [-0.4, -0.2) is 23.6 Å². The van der Waals surface area contributed by atoms with E-state index in [1.54, 1.807) is 0 Å². The molecule has 0 spiro atoms. The number of hydrogen-bond acceptors (Lipinski definition) is 2. The predicted molar refractivity (Wildman–Crippen MR) is 99.9 cm³/mol. The van der Waals surface area contributed by atoms with E-state index >= 15 is 0 Å². The fraction of sp³-hybridized carbons (Fsp3) is 0.318. The van der Waals surface area contributed by atoms with Gasteiger partial charge in [-0.1, -0.05) is 6.07 Å². The molecule has 0 heterocycles. The first kappa shape index (κ1) is 22.7. The van der Waals surface area contributed by atoms with Crippen LogP contribution >= 0.6 is 0 Å². The number of hydrogen-bond donors (Lipinski definition) is 1. The fourth-order valence-electron chi connectivity index (χ4n) is 3.47. The summed E-state index contributed by atoms with van der Waals surface area (Å²) in [5.41, 5.74) is 0.633. The molecule has 2 aromatic carbocycles. The molecular weight excluding hydrogens is 426 g/mol. The lowest BCUT2D eigenvalue weighted by molar-refractivity contribution is -0.136. The second kappa shape index (κ2) is 9.03. The van der Waals surface area contributed by atoms with E-state index in [1.165, 1.54) is 6.07 Å². The van der Waals surface area contributed by atoms with Crippen molar-refractivity contribution < 1.29 is 41.0 Å². The van der Waals surface area contributed by atoms with Crippen molar-refractivity contribution in [3.05, 3.63) is 70.3 Å². The molecule has 1 aliphatic rings. The molecule has 31 heavy (non-hydrogen) atoms. The van der Waals surface area contributed by atoms with Crippen LogP contribution in [0.1, 0.15) is 36.8 Å². The third kappa shape index (κ3) is 5.59. The molecular formula is C22H18F6O3. The van der Waals surface area contributed by atoms with Gasteiger partial charge in [-0.3, -0.25) is 4.79 Å². The van der Waals surface area contributed by atoms with Crippen LogP contribution in [0.5, 0.6) is 5.75 Å². The number of aliphatic carboxylic acids is 1. The molecule has 9 heteroatoms. The average molecular weight is 444 g/mol. The number of carboxylic acid groups (broad SMARTS) is 1. The SMILES string of the molecule is O=C(O)CCc1cc(F)c(OCC2=C(c3ccc(F)c(F)c3)CCC(F)(F)C2)c(F)c1.